The van der Waals surface area contributed by atoms with E-state index in [-0.39, 0.29) is 24.0 Å². The summed E-state index contributed by atoms with van der Waals surface area (Å²) < 4.78 is 30.1. The second-order valence-electron chi connectivity index (χ2n) is 4.13. The van der Waals surface area contributed by atoms with Gasteiger partial charge < -0.3 is 10.5 Å². The monoisotopic (exact) mass is 296 g/mol. The summed E-state index contributed by atoms with van der Waals surface area (Å²) in [5.74, 6) is -0.782. The first kappa shape index (κ1) is 17.3. The maximum atomic E-state index is 12.2. The first-order valence-electron chi connectivity index (χ1n) is 5.51. The third kappa shape index (κ3) is 4.51. The van der Waals surface area contributed by atoms with Gasteiger partial charge in [-0.1, -0.05) is 12.2 Å². The number of hydrogen-bond donors (Lipinski definition) is 1. The number of nitrogens with two attached hydrogens (primary N) is 1. The highest BCUT2D eigenvalue weighted by Gasteiger charge is 2.35. The Labute approximate surface area is 114 Å². The number of thiocarbonyl (C=S) groups is 1. The zero-order valence-corrected chi connectivity index (χ0v) is 12.7. The quantitative estimate of drug-likeness (QED) is 0.535. The van der Waals surface area contributed by atoms with E-state index in [1.165, 1.54) is 11.2 Å². The van der Waals surface area contributed by atoms with Crippen molar-refractivity contribution in [2.24, 2.45) is 5.73 Å². The average molecular weight is 296 g/mol. The lowest BCUT2D eigenvalue weighted by Crippen LogP contribution is -2.46. The van der Waals surface area contributed by atoms with E-state index >= 15 is 0 Å². The molecule has 0 aliphatic rings. The molecule has 0 aliphatic heterocycles. The number of carbonyl (C=O) groups excluding carboxylic acids is 1. The van der Waals surface area contributed by atoms with E-state index in [2.05, 4.69) is 4.74 Å². The average Bonchev–Trinajstić information content (AvgIpc) is 2.25. The Bertz CT molecular complexity index is 406. The SMILES string of the molecule is COC(=O)C(C)S(=O)(=O)N(CCC(N)=S)C(C)C. The normalized spacial score (nSPS) is 13.7. The van der Waals surface area contributed by atoms with Crippen molar-refractivity contribution in [1.29, 1.82) is 0 Å². The Morgan fingerprint density at radius 2 is 1.89 bits per heavy atom. The van der Waals surface area contributed by atoms with Gasteiger partial charge in [-0.25, -0.2) is 8.42 Å². The van der Waals surface area contributed by atoms with Gasteiger partial charge >= 0.3 is 5.97 Å². The molecule has 0 saturated heterocycles. The molecule has 8 heteroatoms. The predicted octanol–water partition coefficient (Wildman–Crippen LogP) is 0.264. The lowest BCUT2D eigenvalue weighted by atomic mass is 10.3. The number of carbonyl (C=O) groups is 1. The van der Waals surface area contributed by atoms with E-state index in [9.17, 15) is 13.2 Å². The fourth-order valence-corrected chi connectivity index (χ4v) is 3.16. The van der Waals surface area contributed by atoms with Gasteiger partial charge in [0.05, 0.1) is 12.1 Å². The van der Waals surface area contributed by atoms with Crippen LogP contribution in [-0.2, 0) is 19.6 Å². The van der Waals surface area contributed by atoms with Crippen LogP contribution in [0.15, 0.2) is 0 Å². The molecule has 0 fully saturated rings. The highest BCUT2D eigenvalue weighted by Crippen LogP contribution is 2.14. The Morgan fingerprint density at radius 1 is 1.39 bits per heavy atom. The number of sulfonamides is 1. The molecule has 0 rings (SSSR count). The minimum Gasteiger partial charge on any atom is -0.468 e. The molecule has 0 spiro atoms. The lowest BCUT2D eigenvalue weighted by molar-refractivity contribution is -0.139. The second kappa shape index (κ2) is 7.01. The molecule has 1 unspecified atom stereocenters. The molecule has 0 aromatic heterocycles. The first-order chi connectivity index (χ1) is 8.14. The van der Waals surface area contributed by atoms with Crippen LogP contribution >= 0.6 is 12.2 Å². The van der Waals surface area contributed by atoms with Crippen LogP contribution in [0.25, 0.3) is 0 Å². The largest absolute Gasteiger partial charge is 0.468 e. The predicted molar refractivity (Wildman–Crippen MR) is 73.6 cm³/mol. The molecule has 0 aliphatic carbocycles. The highest BCUT2D eigenvalue weighted by atomic mass is 32.2. The molecule has 2 N–H and O–H groups in total. The van der Waals surface area contributed by atoms with Crippen LogP contribution in [0.3, 0.4) is 0 Å². The van der Waals surface area contributed by atoms with Crippen molar-refractivity contribution >= 4 is 33.2 Å². The van der Waals surface area contributed by atoms with E-state index in [0.29, 0.717) is 0 Å². The van der Waals surface area contributed by atoms with Crippen LogP contribution < -0.4 is 5.73 Å². The number of esters is 1. The summed E-state index contributed by atoms with van der Waals surface area (Å²) in [6.45, 7) is 4.91. The summed E-state index contributed by atoms with van der Waals surface area (Å²) >= 11 is 4.73. The zero-order chi connectivity index (χ0) is 14.5. The number of methoxy groups -OCH3 is 1. The van der Waals surface area contributed by atoms with Crippen molar-refractivity contribution in [1.82, 2.24) is 4.31 Å². The number of ether oxygens (including phenoxy) is 1. The minimum absolute atomic E-state index is 0.163. The minimum atomic E-state index is -3.76. The van der Waals surface area contributed by atoms with Gasteiger partial charge in [0, 0.05) is 19.0 Å². The molecule has 0 radical (unpaired) electrons. The molecule has 0 saturated carbocycles. The van der Waals surface area contributed by atoms with Crippen molar-refractivity contribution in [3.8, 4) is 0 Å². The molecule has 6 nitrogen and oxygen atoms in total. The van der Waals surface area contributed by atoms with E-state index in [1.54, 1.807) is 13.8 Å². The van der Waals surface area contributed by atoms with E-state index in [4.69, 9.17) is 18.0 Å². The van der Waals surface area contributed by atoms with Crippen LogP contribution in [0.5, 0.6) is 0 Å². The topological polar surface area (TPSA) is 89.7 Å². The van der Waals surface area contributed by atoms with Crippen molar-refractivity contribution < 1.29 is 17.9 Å². The molecule has 0 heterocycles. The van der Waals surface area contributed by atoms with Gasteiger partial charge in [0.15, 0.2) is 5.25 Å². The summed E-state index contributed by atoms with van der Waals surface area (Å²) in [7, 11) is -2.61. The molecule has 0 aromatic carbocycles. The molecule has 106 valence electrons. The van der Waals surface area contributed by atoms with Gasteiger partial charge in [0.1, 0.15) is 0 Å². The van der Waals surface area contributed by atoms with E-state index < -0.39 is 21.2 Å². The van der Waals surface area contributed by atoms with Crippen LogP contribution in [-0.4, -0.2) is 48.6 Å². The Balaban J connectivity index is 5.10. The Morgan fingerprint density at radius 3 is 2.22 bits per heavy atom. The number of hydrogen-bond acceptors (Lipinski definition) is 5. The molecular weight excluding hydrogens is 276 g/mol. The fraction of sp³-hybridized carbons (Fsp3) is 0.800. The zero-order valence-electron chi connectivity index (χ0n) is 11.0. The Hall–Kier alpha value is -0.730. The van der Waals surface area contributed by atoms with Gasteiger partial charge in [0.2, 0.25) is 10.0 Å². The van der Waals surface area contributed by atoms with Gasteiger partial charge in [-0.3, -0.25) is 4.79 Å². The van der Waals surface area contributed by atoms with E-state index in [0.717, 1.165) is 7.11 Å². The molecular formula is C10H20N2O4S2. The smallest absolute Gasteiger partial charge is 0.325 e. The van der Waals surface area contributed by atoms with Gasteiger partial charge in [0.25, 0.3) is 0 Å². The highest BCUT2D eigenvalue weighted by molar-refractivity contribution is 7.90. The molecule has 0 bridgehead atoms. The van der Waals surface area contributed by atoms with Crippen molar-refractivity contribution in [3.63, 3.8) is 0 Å². The van der Waals surface area contributed by atoms with Gasteiger partial charge in [-0.05, 0) is 20.8 Å². The van der Waals surface area contributed by atoms with Crippen molar-refractivity contribution in [3.05, 3.63) is 0 Å². The summed E-state index contributed by atoms with van der Waals surface area (Å²) in [6, 6.07) is -0.281. The molecule has 18 heavy (non-hydrogen) atoms. The standard InChI is InChI=1S/C10H20N2O4S2/c1-7(2)12(6-5-9(11)17)18(14,15)8(3)10(13)16-4/h7-8H,5-6H2,1-4H3,(H2,11,17). The van der Waals surface area contributed by atoms with Crippen LogP contribution in [0, 0.1) is 0 Å². The summed E-state index contributed by atoms with van der Waals surface area (Å²) in [5, 5.41) is -1.24. The van der Waals surface area contributed by atoms with Crippen molar-refractivity contribution in [2.45, 2.75) is 38.5 Å². The molecule has 0 amide bonds. The third-order valence-electron chi connectivity index (χ3n) is 2.46. The summed E-state index contributed by atoms with van der Waals surface area (Å²) in [6.07, 6.45) is 0.278. The molecule has 0 aromatic rings. The summed E-state index contributed by atoms with van der Waals surface area (Å²) in [5.41, 5.74) is 5.36. The molecule has 1 atom stereocenters. The van der Waals surface area contributed by atoms with Gasteiger partial charge in [-0.15, -0.1) is 0 Å². The number of nitrogens with zero attached hydrogens (tertiary/aromatic N) is 1. The maximum Gasteiger partial charge on any atom is 0.325 e. The summed E-state index contributed by atoms with van der Waals surface area (Å²) in [4.78, 5) is 11.6. The van der Waals surface area contributed by atoms with Crippen LogP contribution in [0.2, 0.25) is 0 Å². The fourth-order valence-electron chi connectivity index (χ4n) is 1.39. The van der Waals surface area contributed by atoms with Gasteiger partial charge in [-0.2, -0.15) is 4.31 Å². The van der Waals surface area contributed by atoms with E-state index in [1.807, 2.05) is 0 Å². The van der Waals surface area contributed by atoms with Crippen molar-refractivity contribution in [2.75, 3.05) is 13.7 Å². The maximum absolute atomic E-state index is 12.2. The van der Waals surface area contributed by atoms with Crippen LogP contribution in [0.4, 0.5) is 0 Å². The first-order valence-corrected chi connectivity index (χ1v) is 7.42. The Kier molecular flexibility index (Phi) is 6.72. The lowest BCUT2D eigenvalue weighted by Gasteiger charge is -2.27. The second-order valence-corrected chi connectivity index (χ2v) is 6.86. The van der Waals surface area contributed by atoms with Crippen LogP contribution in [0.1, 0.15) is 27.2 Å². The number of rotatable bonds is 7. The third-order valence-corrected chi connectivity index (χ3v) is 5.01.